The van der Waals surface area contributed by atoms with Crippen molar-refractivity contribution in [1.82, 2.24) is 14.8 Å². The highest BCUT2D eigenvalue weighted by atomic mass is 79.9. The number of rotatable bonds is 3. The molecule has 2 aromatic heterocycles. The van der Waals surface area contributed by atoms with Gasteiger partial charge in [-0.25, -0.2) is 9.07 Å². The third-order valence-corrected chi connectivity index (χ3v) is 6.48. The number of aromatic nitrogens is 3. The Kier molecular flexibility index (Phi) is 4.98. The minimum atomic E-state index is -0.437. The average Bonchev–Trinajstić information content (AvgIpc) is 3.23. The van der Waals surface area contributed by atoms with Gasteiger partial charge in [0.2, 0.25) is 0 Å². The lowest BCUT2D eigenvalue weighted by Crippen LogP contribution is -2.19. The van der Waals surface area contributed by atoms with Gasteiger partial charge in [-0.3, -0.25) is 9.78 Å². The third kappa shape index (κ3) is 3.21. The Morgan fingerprint density at radius 2 is 2.10 bits per heavy atom. The fourth-order valence-corrected chi connectivity index (χ4v) is 5.03. The Labute approximate surface area is 186 Å². The Bertz CT molecular complexity index is 1340. The maximum Gasteiger partial charge on any atom is 0.195 e. The molecule has 1 aliphatic rings. The molecular weight excluding hydrogens is 463 g/mol. The van der Waals surface area contributed by atoms with Gasteiger partial charge in [0.25, 0.3) is 0 Å². The first-order valence-electron chi connectivity index (χ1n) is 10.1. The van der Waals surface area contributed by atoms with Gasteiger partial charge in [0.1, 0.15) is 11.3 Å². The number of halogens is 2. The molecule has 1 saturated heterocycles. The standard InChI is InChI=1S/C23H20BrFN4O2/c1-12-20-14(7-8-27-12)21(26)15(10-17(20)24)23(30)13-5-6-18(25)22-16(13)11-28-29(22)19-4-2-3-9-31-19/h5-8,10-11,19H,2-4,9,26H2,1H3. The molecule has 4 aromatic rings. The zero-order chi connectivity index (χ0) is 21.7. The van der Waals surface area contributed by atoms with Gasteiger partial charge < -0.3 is 10.5 Å². The summed E-state index contributed by atoms with van der Waals surface area (Å²) in [5.74, 6) is -0.726. The van der Waals surface area contributed by atoms with Crippen LogP contribution in [0.2, 0.25) is 0 Å². The van der Waals surface area contributed by atoms with Crippen LogP contribution in [-0.4, -0.2) is 27.2 Å². The highest BCUT2D eigenvalue weighted by molar-refractivity contribution is 9.10. The second-order valence-electron chi connectivity index (χ2n) is 7.74. The maximum atomic E-state index is 14.8. The van der Waals surface area contributed by atoms with E-state index in [2.05, 4.69) is 26.0 Å². The molecule has 0 spiro atoms. The first kappa shape index (κ1) is 20.1. The van der Waals surface area contributed by atoms with Gasteiger partial charge in [-0.2, -0.15) is 5.10 Å². The zero-order valence-electron chi connectivity index (χ0n) is 16.9. The van der Waals surface area contributed by atoms with E-state index in [0.29, 0.717) is 28.8 Å². The average molecular weight is 483 g/mol. The summed E-state index contributed by atoms with van der Waals surface area (Å²) in [4.78, 5) is 17.9. The van der Waals surface area contributed by atoms with Crippen molar-refractivity contribution in [3.05, 3.63) is 63.8 Å². The number of carbonyl (C=O) groups excluding carboxylic acids is 1. The van der Waals surface area contributed by atoms with E-state index in [1.807, 2.05) is 6.92 Å². The van der Waals surface area contributed by atoms with Crippen LogP contribution < -0.4 is 5.73 Å². The predicted octanol–water partition coefficient (Wildman–Crippen LogP) is 5.31. The molecule has 0 aliphatic carbocycles. The minimum Gasteiger partial charge on any atom is -0.398 e. The molecule has 31 heavy (non-hydrogen) atoms. The van der Waals surface area contributed by atoms with Crippen LogP contribution in [0, 0.1) is 12.7 Å². The van der Waals surface area contributed by atoms with Crippen molar-refractivity contribution in [1.29, 1.82) is 0 Å². The number of pyridine rings is 1. The van der Waals surface area contributed by atoms with Gasteiger partial charge in [0.05, 0.1) is 11.9 Å². The number of nitrogens with zero attached hydrogens (tertiary/aromatic N) is 3. The van der Waals surface area contributed by atoms with Gasteiger partial charge in [-0.1, -0.05) is 15.9 Å². The van der Waals surface area contributed by atoms with E-state index in [9.17, 15) is 9.18 Å². The van der Waals surface area contributed by atoms with E-state index < -0.39 is 5.82 Å². The Hall–Kier alpha value is -2.84. The Morgan fingerprint density at radius 1 is 1.26 bits per heavy atom. The molecule has 0 saturated carbocycles. The van der Waals surface area contributed by atoms with E-state index in [4.69, 9.17) is 10.5 Å². The lowest BCUT2D eigenvalue weighted by molar-refractivity contribution is -0.0369. The lowest BCUT2D eigenvalue weighted by atomic mass is 9.95. The molecule has 1 fully saturated rings. The second kappa shape index (κ2) is 7.69. The van der Waals surface area contributed by atoms with Crippen LogP contribution in [0.25, 0.3) is 21.7 Å². The highest BCUT2D eigenvalue weighted by Gasteiger charge is 2.25. The van der Waals surface area contributed by atoms with Gasteiger partial charge >= 0.3 is 0 Å². The number of ketones is 1. The quantitative estimate of drug-likeness (QED) is 0.316. The number of nitrogen functional groups attached to an aromatic ring is 1. The van der Waals surface area contributed by atoms with E-state index in [1.165, 1.54) is 18.3 Å². The molecule has 3 heterocycles. The zero-order valence-corrected chi connectivity index (χ0v) is 18.4. The molecule has 5 rings (SSSR count). The summed E-state index contributed by atoms with van der Waals surface area (Å²) in [7, 11) is 0. The number of ether oxygens (including phenoxy) is 1. The molecule has 1 atom stereocenters. The summed E-state index contributed by atoms with van der Waals surface area (Å²) in [6, 6.07) is 6.29. The SMILES string of the molecule is Cc1nccc2c(N)c(C(=O)c3ccc(F)c4c3cnn4C3CCCCO3)cc(Br)c12. The van der Waals surface area contributed by atoms with Crippen LogP contribution >= 0.6 is 15.9 Å². The normalized spacial score (nSPS) is 16.8. The van der Waals surface area contributed by atoms with Crippen LogP contribution in [0.1, 0.15) is 47.1 Å². The van der Waals surface area contributed by atoms with Crippen LogP contribution in [0.5, 0.6) is 0 Å². The summed E-state index contributed by atoms with van der Waals surface area (Å²) < 4.78 is 22.9. The smallest absolute Gasteiger partial charge is 0.195 e. The minimum absolute atomic E-state index is 0.274. The van der Waals surface area contributed by atoms with Gasteiger partial charge in [0.15, 0.2) is 12.0 Å². The molecule has 2 N–H and O–H groups in total. The fraction of sp³-hybridized carbons (Fsp3) is 0.261. The first-order chi connectivity index (χ1) is 15.0. The summed E-state index contributed by atoms with van der Waals surface area (Å²) in [5, 5.41) is 6.42. The first-order valence-corrected chi connectivity index (χ1v) is 10.9. The van der Waals surface area contributed by atoms with Crippen LogP contribution in [0.3, 0.4) is 0 Å². The van der Waals surface area contributed by atoms with Crippen molar-refractivity contribution in [3.63, 3.8) is 0 Å². The topological polar surface area (TPSA) is 83.0 Å². The molecule has 2 aromatic carbocycles. The van der Waals surface area contributed by atoms with E-state index >= 15 is 0 Å². The Morgan fingerprint density at radius 3 is 2.87 bits per heavy atom. The molecule has 0 radical (unpaired) electrons. The number of anilines is 1. The van der Waals surface area contributed by atoms with Crippen molar-refractivity contribution >= 4 is 49.1 Å². The predicted molar refractivity (Wildman–Crippen MR) is 121 cm³/mol. The molecule has 1 aliphatic heterocycles. The van der Waals surface area contributed by atoms with E-state index in [-0.39, 0.29) is 17.5 Å². The number of aryl methyl sites for hydroxylation is 1. The van der Waals surface area contributed by atoms with Crippen molar-refractivity contribution < 1.29 is 13.9 Å². The maximum absolute atomic E-state index is 14.8. The van der Waals surface area contributed by atoms with Gasteiger partial charge in [-0.15, -0.1) is 0 Å². The van der Waals surface area contributed by atoms with Crippen molar-refractivity contribution in [3.8, 4) is 0 Å². The van der Waals surface area contributed by atoms with Crippen molar-refractivity contribution in [2.45, 2.75) is 32.4 Å². The lowest BCUT2D eigenvalue weighted by Gasteiger charge is -2.23. The Balaban J connectivity index is 1.67. The van der Waals surface area contributed by atoms with E-state index in [1.54, 1.807) is 23.0 Å². The summed E-state index contributed by atoms with van der Waals surface area (Å²) in [6.07, 6.45) is 5.59. The second-order valence-corrected chi connectivity index (χ2v) is 8.59. The van der Waals surface area contributed by atoms with Gasteiger partial charge in [0, 0.05) is 50.3 Å². The van der Waals surface area contributed by atoms with Crippen LogP contribution in [0.4, 0.5) is 10.1 Å². The summed E-state index contributed by atoms with van der Waals surface area (Å²) in [5.41, 5.74) is 8.56. The number of hydrogen-bond acceptors (Lipinski definition) is 5. The summed E-state index contributed by atoms with van der Waals surface area (Å²) >= 11 is 3.55. The highest BCUT2D eigenvalue weighted by Crippen LogP contribution is 2.36. The number of benzene rings is 2. The molecule has 0 bridgehead atoms. The molecule has 6 nitrogen and oxygen atoms in total. The molecule has 1 unspecified atom stereocenters. The largest absolute Gasteiger partial charge is 0.398 e. The van der Waals surface area contributed by atoms with E-state index in [0.717, 1.165) is 40.2 Å². The summed E-state index contributed by atoms with van der Waals surface area (Å²) in [6.45, 7) is 2.50. The van der Waals surface area contributed by atoms with Crippen LogP contribution in [0.15, 0.2) is 41.1 Å². The molecular formula is C23H20BrFN4O2. The number of carbonyl (C=O) groups is 1. The third-order valence-electron chi connectivity index (χ3n) is 5.86. The molecule has 0 amide bonds. The van der Waals surface area contributed by atoms with Crippen LogP contribution in [-0.2, 0) is 4.74 Å². The number of nitrogens with two attached hydrogens (primary N) is 1. The van der Waals surface area contributed by atoms with Gasteiger partial charge in [-0.05, 0) is 50.5 Å². The molecule has 8 heteroatoms. The number of fused-ring (bicyclic) bond motifs is 2. The monoisotopic (exact) mass is 482 g/mol. The fourth-order valence-electron chi connectivity index (χ4n) is 4.30. The van der Waals surface area contributed by atoms with Crippen molar-refractivity contribution in [2.75, 3.05) is 12.3 Å². The number of hydrogen-bond donors (Lipinski definition) is 1. The molecule has 158 valence electrons. The van der Waals surface area contributed by atoms with Crippen molar-refractivity contribution in [2.24, 2.45) is 0 Å².